The van der Waals surface area contributed by atoms with Gasteiger partial charge in [-0.2, -0.15) is 0 Å². The Hall–Kier alpha value is -0.720. The van der Waals surface area contributed by atoms with Crippen LogP contribution in [0.1, 0.15) is 33.1 Å². The van der Waals surface area contributed by atoms with E-state index in [0.717, 1.165) is 0 Å². The molecule has 0 aliphatic heterocycles. The van der Waals surface area contributed by atoms with Crippen LogP contribution in [0.5, 0.6) is 0 Å². The van der Waals surface area contributed by atoms with Crippen LogP contribution in [0.3, 0.4) is 0 Å². The first kappa shape index (κ1) is 7.39. The predicted octanol–water partition coefficient (Wildman–Crippen LogP) is 2.35. The van der Waals surface area contributed by atoms with E-state index in [4.69, 9.17) is 5.73 Å². The standard InChI is InChI=1S/C9H15N/c1-7-4-3-5-9(7)8(2)6-10/h6H,3-5,10H2,1-2H3/b8-6-. The van der Waals surface area contributed by atoms with E-state index in [0.29, 0.717) is 0 Å². The molecule has 10 heavy (non-hydrogen) atoms. The van der Waals surface area contributed by atoms with Crippen molar-refractivity contribution in [2.45, 2.75) is 33.1 Å². The lowest BCUT2D eigenvalue weighted by Gasteiger charge is -2.01. The van der Waals surface area contributed by atoms with E-state index in [1.807, 2.05) is 0 Å². The second kappa shape index (κ2) is 2.91. The zero-order valence-electron chi connectivity index (χ0n) is 6.78. The molecule has 1 aliphatic rings. The lowest BCUT2D eigenvalue weighted by atomic mass is 10.1. The molecule has 2 N–H and O–H groups in total. The van der Waals surface area contributed by atoms with Crippen molar-refractivity contribution >= 4 is 0 Å². The summed E-state index contributed by atoms with van der Waals surface area (Å²) in [6.07, 6.45) is 5.52. The zero-order valence-corrected chi connectivity index (χ0v) is 6.78. The number of allylic oxidation sites excluding steroid dienone is 3. The van der Waals surface area contributed by atoms with Gasteiger partial charge in [0.25, 0.3) is 0 Å². The molecule has 1 heteroatoms. The molecule has 0 unspecified atom stereocenters. The Morgan fingerprint density at radius 2 is 2.20 bits per heavy atom. The highest BCUT2D eigenvalue weighted by Gasteiger charge is 2.10. The minimum absolute atomic E-state index is 1.23. The van der Waals surface area contributed by atoms with Crippen molar-refractivity contribution in [2.75, 3.05) is 0 Å². The summed E-state index contributed by atoms with van der Waals surface area (Å²) in [7, 11) is 0. The maximum atomic E-state index is 5.42. The average Bonchev–Trinajstić information content (AvgIpc) is 2.34. The molecule has 0 saturated carbocycles. The summed E-state index contributed by atoms with van der Waals surface area (Å²) in [4.78, 5) is 0. The predicted molar refractivity (Wildman–Crippen MR) is 44.5 cm³/mol. The van der Waals surface area contributed by atoms with E-state index in [-0.39, 0.29) is 0 Å². The molecule has 0 fully saturated rings. The van der Waals surface area contributed by atoms with Crippen LogP contribution in [-0.4, -0.2) is 0 Å². The van der Waals surface area contributed by atoms with Crippen LogP contribution in [0.4, 0.5) is 0 Å². The fourth-order valence-electron chi connectivity index (χ4n) is 1.53. The second-order valence-electron chi connectivity index (χ2n) is 2.96. The van der Waals surface area contributed by atoms with E-state index in [2.05, 4.69) is 13.8 Å². The molecule has 56 valence electrons. The Kier molecular flexibility index (Phi) is 2.15. The van der Waals surface area contributed by atoms with E-state index < -0.39 is 0 Å². The summed E-state index contributed by atoms with van der Waals surface area (Å²) in [6.45, 7) is 4.29. The Morgan fingerprint density at radius 3 is 2.60 bits per heavy atom. The minimum Gasteiger partial charge on any atom is -0.404 e. The smallest absolute Gasteiger partial charge is 0.00298 e. The summed E-state index contributed by atoms with van der Waals surface area (Å²) in [5, 5.41) is 0. The molecule has 1 nitrogen and oxygen atoms in total. The first-order valence-corrected chi connectivity index (χ1v) is 3.83. The van der Waals surface area contributed by atoms with E-state index in [1.54, 1.807) is 6.20 Å². The molecular weight excluding hydrogens is 122 g/mol. The minimum atomic E-state index is 1.23. The Balaban J connectivity index is 2.81. The largest absolute Gasteiger partial charge is 0.404 e. The first-order valence-electron chi connectivity index (χ1n) is 3.83. The number of hydrogen-bond donors (Lipinski definition) is 1. The van der Waals surface area contributed by atoms with Gasteiger partial charge in [0.1, 0.15) is 0 Å². The van der Waals surface area contributed by atoms with Gasteiger partial charge in [0, 0.05) is 0 Å². The highest BCUT2D eigenvalue weighted by molar-refractivity contribution is 5.35. The number of nitrogens with two attached hydrogens (primary N) is 1. The van der Waals surface area contributed by atoms with E-state index >= 15 is 0 Å². The molecule has 1 rings (SSSR count). The average molecular weight is 137 g/mol. The number of hydrogen-bond acceptors (Lipinski definition) is 1. The van der Waals surface area contributed by atoms with Crippen molar-refractivity contribution in [2.24, 2.45) is 5.73 Å². The molecule has 0 bridgehead atoms. The van der Waals surface area contributed by atoms with Gasteiger partial charge in [0.05, 0.1) is 0 Å². The van der Waals surface area contributed by atoms with Crippen molar-refractivity contribution < 1.29 is 0 Å². The van der Waals surface area contributed by atoms with Crippen molar-refractivity contribution in [1.82, 2.24) is 0 Å². The van der Waals surface area contributed by atoms with Gasteiger partial charge in [-0.25, -0.2) is 0 Å². The molecule has 0 spiro atoms. The van der Waals surface area contributed by atoms with Gasteiger partial charge in [-0.05, 0) is 50.5 Å². The SMILES string of the molecule is CC1=C(/C(C)=C\N)CCC1. The van der Waals surface area contributed by atoms with Crippen LogP contribution in [0.25, 0.3) is 0 Å². The van der Waals surface area contributed by atoms with Crippen LogP contribution in [-0.2, 0) is 0 Å². The maximum Gasteiger partial charge on any atom is -0.00298 e. The molecule has 0 aromatic rings. The van der Waals surface area contributed by atoms with E-state index in [1.165, 1.54) is 36.0 Å². The van der Waals surface area contributed by atoms with Crippen molar-refractivity contribution in [3.63, 3.8) is 0 Å². The zero-order chi connectivity index (χ0) is 7.56. The van der Waals surface area contributed by atoms with Gasteiger partial charge in [-0.15, -0.1) is 0 Å². The molecule has 0 amide bonds. The Morgan fingerprint density at radius 1 is 1.50 bits per heavy atom. The highest BCUT2D eigenvalue weighted by atomic mass is 14.5. The van der Waals surface area contributed by atoms with Crippen molar-refractivity contribution in [3.05, 3.63) is 22.9 Å². The fourth-order valence-corrected chi connectivity index (χ4v) is 1.53. The van der Waals surface area contributed by atoms with Crippen LogP contribution in [0, 0.1) is 0 Å². The summed E-state index contributed by atoms with van der Waals surface area (Å²) < 4.78 is 0. The third-order valence-corrected chi connectivity index (χ3v) is 2.22. The molecule has 0 aromatic heterocycles. The molecule has 0 aromatic carbocycles. The fraction of sp³-hybridized carbons (Fsp3) is 0.556. The van der Waals surface area contributed by atoms with Gasteiger partial charge >= 0.3 is 0 Å². The maximum absolute atomic E-state index is 5.42. The lowest BCUT2D eigenvalue weighted by Crippen LogP contribution is -1.88. The van der Waals surface area contributed by atoms with Crippen molar-refractivity contribution in [1.29, 1.82) is 0 Å². The normalized spacial score (nSPS) is 20.4. The monoisotopic (exact) mass is 137 g/mol. The molecule has 0 radical (unpaired) electrons. The van der Waals surface area contributed by atoms with Gasteiger partial charge < -0.3 is 5.73 Å². The quantitative estimate of drug-likeness (QED) is 0.590. The summed E-state index contributed by atoms with van der Waals surface area (Å²) in [5.74, 6) is 0. The highest BCUT2D eigenvalue weighted by Crippen LogP contribution is 2.29. The first-order chi connectivity index (χ1) is 4.75. The second-order valence-corrected chi connectivity index (χ2v) is 2.96. The van der Waals surface area contributed by atoms with Gasteiger partial charge in [-0.3, -0.25) is 0 Å². The molecule has 0 heterocycles. The van der Waals surface area contributed by atoms with E-state index in [9.17, 15) is 0 Å². The third kappa shape index (κ3) is 1.23. The topological polar surface area (TPSA) is 26.0 Å². The van der Waals surface area contributed by atoms with Crippen molar-refractivity contribution in [3.8, 4) is 0 Å². The molecular formula is C9H15N. The third-order valence-electron chi connectivity index (χ3n) is 2.22. The van der Waals surface area contributed by atoms with Crippen LogP contribution in [0.15, 0.2) is 22.9 Å². The molecule has 0 saturated heterocycles. The molecule has 0 atom stereocenters. The molecule has 1 aliphatic carbocycles. The van der Waals surface area contributed by atoms with Crippen LogP contribution < -0.4 is 5.73 Å². The Labute approximate surface area is 62.6 Å². The Bertz CT molecular complexity index is 187. The van der Waals surface area contributed by atoms with Crippen LogP contribution in [0.2, 0.25) is 0 Å². The summed E-state index contributed by atoms with van der Waals surface area (Å²) in [5.41, 5.74) is 9.69. The van der Waals surface area contributed by atoms with Crippen LogP contribution >= 0.6 is 0 Å². The lowest BCUT2D eigenvalue weighted by molar-refractivity contribution is 0.894. The van der Waals surface area contributed by atoms with Gasteiger partial charge in [0.15, 0.2) is 0 Å². The van der Waals surface area contributed by atoms with Gasteiger partial charge in [-0.1, -0.05) is 5.57 Å². The summed E-state index contributed by atoms with van der Waals surface area (Å²) in [6, 6.07) is 0. The van der Waals surface area contributed by atoms with Gasteiger partial charge in [0.2, 0.25) is 0 Å². The number of rotatable bonds is 1. The summed E-state index contributed by atoms with van der Waals surface area (Å²) >= 11 is 0.